The predicted octanol–water partition coefficient (Wildman–Crippen LogP) is 2.29. The average molecular weight is 385 g/mol. The number of aromatic amines is 1. The van der Waals surface area contributed by atoms with Crippen LogP contribution in [0.5, 0.6) is 5.75 Å². The third-order valence-corrected chi connectivity index (χ3v) is 4.15. The number of urea groups is 1. The fourth-order valence-electron chi connectivity index (χ4n) is 2.70. The van der Waals surface area contributed by atoms with Crippen LogP contribution in [0.25, 0.3) is 0 Å². The molecule has 2 N–H and O–H groups in total. The van der Waals surface area contributed by atoms with E-state index in [0.29, 0.717) is 29.1 Å². The van der Waals surface area contributed by atoms with Crippen molar-refractivity contribution in [3.05, 3.63) is 56.5 Å². The van der Waals surface area contributed by atoms with Crippen LogP contribution >= 0.6 is 11.6 Å². The van der Waals surface area contributed by atoms with E-state index in [0.717, 1.165) is 5.69 Å². The molecule has 0 spiro atoms. The molecular weight excluding hydrogens is 370 g/mol. The molecule has 0 unspecified atom stereocenters. The zero-order valence-electron chi connectivity index (χ0n) is 13.5. The molecule has 0 saturated carbocycles. The maximum absolute atomic E-state index is 12.5. The Hall–Kier alpha value is -2.68. The lowest BCUT2D eigenvalue weighted by Gasteiger charge is -2.28. The van der Waals surface area contributed by atoms with Gasteiger partial charge >= 0.3 is 12.6 Å². The number of carbonyl (C=O) groups excluding carboxylic acids is 1. The number of H-pyrrole nitrogens is 1. The highest BCUT2D eigenvalue weighted by Crippen LogP contribution is 2.24. The Kier molecular flexibility index (Phi) is 5.36. The molecular formula is C16H15ClF2N4O3. The number of benzene rings is 1. The topological polar surface area (TPSA) is 87.3 Å². The second-order valence-electron chi connectivity index (χ2n) is 5.66. The first-order valence-electron chi connectivity index (χ1n) is 7.76. The Morgan fingerprint density at radius 3 is 3.00 bits per heavy atom. The predicted molar refractivity (Wildman–Crippen MR) is 89.3 cm³/mol. The summed E-state index contributed by atoms with van der Waals surface area (Å²) in [5.74, 6) is -0.0515. The van der Waals surface area contributed by atoms with Crippen molar-refractivity contribution in [3.8, 4) is 5.75 Å². The molecule has 1 aromatic heterocycles. The van der Waals surface area contributed by atoms with Crippen molar-refractivity contribution in [3.63, 3.8) is 0 Å². The minimum atomic E-state index is -2.98. The molecule has 0 saturated heterocycles. The van der Waals surface area contributed by atoms with Crippen molar-refractivity contribution in [2.75, 3.05) is 6.54 Å². The standard InChI is InChI=1S/C16H15ClF2N4O3/c17-11-1-2-13(26-15(18)19)9(5-11)7-20-16(25)23-4-3-12-10(8-23)6-14(24)22-21-12/h1-2,5-6,15H,3-4,7-8H2,(H,20,25)(H,22,24). The fourth-order valence-corrected chi connectivity index (χ4v) is 2.89. The third kappa shape index (κ3) is 4.29. The van der Waals surface area contributed by atoms with Gasteiger partial charge in [-0.1, -0.05) is 11.6 Å². The zero-order chi connectivity index (χ0) is 18.7. The van der Waals surface area contributed by atoms with Gasteiger partial charge in [0.2, 0.25) is 0 Å². The number of nitrogens with zero attached hydrogens (tertiary/aromatic N) is 2. The summed E-state index contributed by atoms with van der Waals surface area (Å²) in [6, 6.07) is 5.22. The molecule has 0 radical (unpaired) electrons. The van der Waals surface area contributed by atoms with Crippen LogP contribution in [-0.2, 0) is 19.5 Å². The van der Waals surface area contributed by atoms with Crippen LogP contribution in [-0.4, -0.2) is 34.3 Å². The molecule has 2 aromatic rings. The maximum Gasteiger partial charge on any atom is 0.387 e. The lowest BCUT2D eigenvalue weighted by Crippen LogP contribution is -2.43. The van der Waals surface area contributed by atoms with Crippen LogP contribution < -0.4 is 15.6 Å². The van der Waals surface area contributed by atoms with Crippen LogP contribution in [0.3, 0.4) is 0 Å². The van der Waals surface area contributed by atoms with E-state index in [1.807, 2.05) is 0 Å². The first-order valence-corrected chi connectivity index (χ1v) is 8.13. The molecule has 138 valence electrons. The summed E-state index contributed by atoms with van der Waals surface area (Å²) in [7, 11) is 0. The molecule has 1 aliphatic heterocycles. The number of aromatic nitrogens is 2. The number of hydrogen-bond acceptors (Lipinski definition) is 4. The van der Waals surface area contributed by atoms with Crippen molar-refractivity contribution in [2.45, 2.75) is 26.1 Å². The number of carbonyl (C=O) groups is 1. The third-order valence-electron chi connectivity index (χ3n) is 3.91. The van der Waals surface area contributed by atoms with Gasteiger partial charge < -0.3 is 15.0 Å². The highest BCUT2D eigenvalue weighted by Gasteiger charge is 2.22. The minimum Gasteiger partial charge on any atom is -0.434 e. The average Bonchev–Trinajstić information content (AvgIpc) is 2.60. The summed E-state index contributed by atoms with van der Waals surface area (Å²) in [5, 5.41) is 9.31. The van der Waals surface area contributed by atoms with Gasteiger partial charge in [-0.05, 0) is 18.2 Å². The van der Waals surface area contributed by atoms with Crippen molar-refractivity contribution in [1.82, 2.24) is 20.4 Å². The monoisotopic (exact) mass is 384 g/mol. The summed E-state index contributed by atoms with van der Waals surface area (Å²) in [4.78, 5) is 25.2. The normalized spacial score (nSPS) is 13.5. The Morgan fingerprint density at radius 1 is 1.42 bits per heavy atom. The molecule has 10 heteroatoms. The highest BCUT2D eigenvalue weighted by atomic mass is 35.5. The van der Waals surface area contributed by atoms with Gasteiger partial charge in [-0.2, -0.15) is 13.9 Å². The molecule has 3 rings (SSSR count). The quantitative estimate of drug-likeness (QED) is 0.846. The van der Waals surface area contributed by atoms with Crippen LogP contribution in [0.15, 0.2) is 29.1 Å². The van der Waals surface area contributed by atoms with Crippen LogP contribution in [0.4, 0.5) is 13.6 Å². The van der Waals surface area contributed by atoms with Crippen molar-refractivity contribution in [2.24, 2.45) is 0 Å². The number of halogens is 3. The van der Waals surface area contributed by atoms with Gasteiger partial charge in [0.05, 0.1) is 5.69 Å². The van der Waals surface area contributed by atoms with Crippen LogP contribution in [0.2, 0.25) is 5.02 Å². The second-order valence-corrected chi connectivity index (χ2v) is 6.10. The first kappa shape index (κ1) is 18.1. The Bertz CT molecular complexity index is 875. The number of rotatable bonds is 4. The van der Waals surface area contributed by atoms with E-state index in [1.54, 1.807) is 0 Å². The van der Waals surface area contributed by atoms with Gasteiger partial charge in [0.15, 0.2) is 0 Å². The molecule has 0 bridgehead atoms. The fraction of sp³-hybridized carbons (Fsp3) is 0.312. The van der Waals surface area contributed by atoms with E-state index in [4.69, 9.17) is 11.6 Å². The van der Waals surface area contributed by atoms with E-state index in [-0.39, 0.29) is 30.4 Å². The number of hydrogen-bond donors (Lipinski definition) is 2. The summed E-state index contributed by atoms with van der Waals surface area (Å²) >= 11 is 5.88. The van der Waals surface area contributed by atoms with Crippen molar-refractivity contribution >= 4 is 17.6 Å². The summed E-state index contributed by atoms with van der Waals surface area (Å²) < 4.78 is 29.4. The smallest absolute Gasteiger partial charge is 0.387 e. The molecule has 2 amide bonds. The van der Waals surface area contributed by atoms with Gasteiger partial charge in [0, 0.05) is 48.3 Å². The first-order chi connectivity index (χ1) is 12.4. The number of fused-ring (bicyclic) bond motifs is 1. The largest absolute Gasteiger partial charge is 0.434 e. The maximum atomic E-state index is 12.5. The van der Waals surface area contributed by atoms with Gasteiger partial charge in [-0.3, -0.25) is 4.79 Å². The molecule has 1 aromatic carbocycles. The second kappa shape index (κ2) is 7.69. The molecule has 0 fully saturated rings. The van der Waals surface area contributed by atoms with Crippen molar-refractivity contribution in [1.29, 1.82) is 0 Å². The van der Waals surface area contributed by atoms with Gasteiger partial charge in [-0.15, -0.1) is 0 Å². The molecule has 2 heterocycles. The van der Waals surface area contributed by atoms with E-state index in [2.05, 4.69) is 20.3 Å². The summed E-state index contributed by atoms with van der Waals surface area (Å²) in [5.41, 5.74) is 1.43. The molecule has 1 aliphatic rings. The lowest BCUT2D eigenvalue weighted by atomic mass is 10.1. The van der Waals surface area contributed by atoms with E-state index in [9.17, 15) is 18.4 Å². The number of amides is 2. The Labute approximate surface area is 151 Å². The van der Waals surface area contributed by atoms with Crippen molar-refractivity contribution < 1.29 is 18.3 Å². The number of alkyl halides is 2. The lowest BCUT2D eigenvalue weighted by molar-refractivity contribution is -0.0504. The Morgan fingerprint density at radius 2 is 2.23 bits per heavy atom. The van der Waals surface area contributed by atoms with Gasteiger partial charge in [0.1, 0.15) is 5.75 Å². The van der Waals surface area contributed by atoms with E-state index >= 15 is 0 Å². The van der Waals surface area contributed by atoms with Gasteiger partial charge in [-0.25, -0.2) is 9.89 Å². The summed E-state index contributed by atoms with van der Waals surface area (Å²) in [6.07, 6.45) is 0.510. The van der Waals surface area contributed by atoms with Crippen LogP contribution in [0, 0.1) is 0 Å². The summed E-state index contributed by atoms with van der Waals surface area (Å²) in [6.45, 7) is -2.34. The van der Waals surface area contributed by atoms with Crippen LogP contribution in [0.1, 0.15) is 16.8 Å². The highest BCUT2D eigenvalue weighted by molar-refractivity contribution is 6.30. The minimum absolute atomic E-state index is 0.0293. The number of ether oxygens (including phenoxy) is 1. The zero-order valence-corrected chi connectivity index (χ0v) is 14.2. The molecule has 0 atom stereocenters. The molecule has 7 nitrogen and oxygen atoms in total. The molecule has 26 heavy (non-hydrogen) atoms. The molecule has 0 aliphatic carbocycles. The van der Waals surface area contributed by atoms with Gasteiger partial charge in [0.25, 0.3) is 5.56 Å². The SMILES string of the molecule is O=C(NCc1cc(Cl)ccc1OC(F)F)N1CCc2n[nH]c(=O)cc2C1. The number of nitrogens with one attached hydrogen (secondary N) is 2. The Balaban J connectivity index is 1.66. The van der Waals surface area contributed by atoms with E-state index < -0.39 is 6.61 Å². The van der Waals surface area contributed by atoms with E-state index in [1.165, 1.54) is 29.2 Å².